The summed E-state index contributed by atoms with van der Waals surface area (Å²) in [5.41, 5.74) is 2.77. The Labute approximate surface area is 111 Å². The van der Waals surface area contributed by atoms with E-state index >= 15 is 0 Å². The Morgan fingerprint density at radius 3 is 3.00 bits per heavy atom. The van der Waals surface area contributed by atoms with Crippen molar-refractivity contribution in [3.05, 3.63) is 48.2 Å². The van der Waals surface area contributed by atoms with Crippen LogP contribution < -0.4 is 5.32 Å². The summed E-state index contributed by atoms with van der Waals surface area (Å²) >= 11 is 0. The third-order valence-electron chi connectivity index (χ3n) is 3.00. The molecule has 0 bridgehead atoms. The summed E-state index contributed by atoms with van der Waals surface area (Å²) in [5.74, 6) is 0. The van der Waals surface area contributed by atoms with Gasteiger partial charge in [0.1, 0.15) is 0 Å². The van der Waals surface area contributed by atoms with Crippen molar-refractivity contribution in [2.75, 3.05) is 13.2 Å². The lowest BCUT2D eigenvalue weighted by Gasteiger charge is -2.13. The third kappa shape index (κ3) is 6.45. The second-order valence-corrected chi connectivity index (χ2v) is 4.77. The molecule has 1 atom stereocenters. The van der Waals surface area contributed by atoms with Crippen LogP contribution in [-0.2, 0) is 11.2 Å². The average Bonchev–Trinajstić information content (AvgIpc) is 2.36. The number of ether oxygens (including phenoxy) is 1. The molecule has 0 aliphatic rings. The molecule has 0 heterocycles. The van der Waals surface area contributed by atoms with Crippen molar-refractivity contribution < 1.29 is 4.74 Å². The van der Waals surface area contributed by atoms with E-state index in [1.54, 1.807) is 0 Å². The fraction of sp³-hybridized carbons (Fsp3) is 0.500. The molecule has 0 saturated heterocycles. The Hall–Kier alpha value is -1.28. The van der Waals surface area contributed by atoms with Gasteiger partial charge in [0, 0.05) is 6.04 Å². The lowest BCUT2D eigenvalue weighted by atomic mass is 10.0. The summed E-state index contributed by atoms with van der Waals surface area (Å²) < 4.78 is 5.08. The van der Waals surface area contributed by atoms with Crippen LogP contribution in [0.15, 0.2) is 37.1 Å². The zero-order valence-corrected chi connectivity index (χ0v) is 11.6. The molecule has 1 aromatic carbocycles. The maximum absolute atomic E-state index is 5.08. The predicted molar refractivity (Wildman–Crippen MR) is 77.7 cm³/mol. The largest absolute Gasteiger partial charge is 0.502 e. The number of hydrogen-bond acceptors (Lipinski definition) is 2. The number of nitrogens with one attached hydrogen (secondary N) is 1. The van der Waals surface area contributed by atoms with E-state index in [2.05, 4.69) is 50.0 Å². The van der Waals surface area contributed by atoms with Gasteiger partial charge in [-0.3, -0.25) is 0 Å². The van der Waals surface area contributed by atoms with Gasteiger partial charge in [-0.1, -0.05) is 36.4 Å². The summed E-state index contributed by atoms with van der Waals surface area (Å²) in [7, 11) is 0. The molecule has 0 radical (unpaired) electrons. The molecule has 2 nitrogen and oxygen atoms in total. The molecule has 0 spiro atoms. The van der Waals surface area contributed by atoms with Gasteiger partial charge in [0.05, 0.1) is 12.9 Å². The molecule has 0 saturated carbocycles. The van der Waals surface area contributed by atoms with Crippen LogP contribution in [0, 0.1) is 6.92 Å². The van der Waals surface area contributed by atoms with Crippen LogP contribution in [0.25, 0.3) is 0 Å². The number of aryl methyl sites for hydroxylation is 2. The second-order valence-electron chi connectivity index (χ2n) is 4.77. The van der Waals surface area contributed by atoms with E-state index in [9.17, 15) is 0 Å². The average molecular weight is 247 g/mol. The van der Waals surface area contributed by atoms with Crippen LogP contribution in [0.5, 0.6) is 0 Å². The summed E-state index contributed by atoms with van der Waals surface area (Å²) in [6.07, 6.45) is 4.84. The quantitative estimate of drug-likeness (QED) is 0.533. The Kier molecular flexibility index (Phi) is 7.19. The van der Waals surface area contributed by atoms with Gasteiger partial charge in [0.2, 0.25) is 0 Å². The van der Waals surface area contributed by atoms with Crippen molar-refractivity contribution in [1.82, 2.24) is 5.32 Å². The van der Waals surface area contributed by atoms with Crippen molar-refractivity contribution in [1.29, 1.82) is 0 Å². The third-order valence-corrected chi connectivity index (χ3v) is 3.00. The Balaban J connectivity index is 2.13. The molecule has 0 aliphatic heterocycles. The molecule has 1 unspecified atom stereocenters. The predicted octanol–water partition coefficient (Wildman–Crippen LogP) is 3.46. The molecule has 0 aromatic heterocycles. The summed E-state index contributed by atoms with van der Waals surface area (Å²) in [6, 6.07) is 9.30. The van der Waals surface area contributed by atoms with Gasteiger partial charge in [0.25, 0.3) is 0 Å². The van der Waals surface area contributed by atoms with Crippen LogP contribution in [-0.4, -0.2) is 19.2 Å². The van der Waals surface area contributed by atoms with Crippen LogP contribution in [0.4, 0.5) is 0 Å². The van der Waals surface area contributed by atoms with E-state index in [-0.39, 0.29) is 0 Å². The molecule has 1 N–H and O–H groups in total. The standard InChI is InChI=1S/C16H25NO/c1-4-18-12-6-11-17-15(3)9-10-16-8-5-7-14(2)13-16/h4-5,7-8,13,15,17H,1,6,9-12H2,2-3H3. The summed E-state index contributed by atoms with van der Waals surface area (Å²) in [5, 5.41) is 3.51. The van der Waals surface area contributed by atoms with E-state index in [0.29, 0.717) is 6.04 Å². The van der Waals surface area contributed by atoms with Gasteiger partial charge < -0.3 is 10.1 Å². The van der Waals surface area contributed by atoms with Crippen molar-refractivity contribution in [3.8, 4) is 0 Å². The first-order valence-electron chi connectivity index (χ1n) is 6.74. The summed E-state index contributed by atoms with van der Waals surface area (Å²) in [4.78, 5) is 0. The normalized spacial score (nSPS) is 12.1. The lowest BCUT2D eigenvalue weighted by Crippen LogP contribution is -2.28. The molecule has 100 valence electrons. The van der Waals surface area contributed by atoms with E-state index in [0.717, 1.165) is 26.0 Å². The van der Waals surface area contributed by atoms with Gasteiger partial charge in [-0.05, 0) is 45.2 Å². The highest BCUT2D eigenvalue weighted by Gasteiger charge is 2.01. The minimum atomic E-state index is 0.550. The minimum absolute atomic E-state index is 0.550. The van der Waals surface area contributed by atoms with Crippen LogP contribution in [0.1, 0.15) is 30.9 Å². The zero-order valence-electron chi connectivity index (χ0n) is 11.6. The van der Waals surface area contributed by atoms with E-state index in [1.165, 1.54) is 23.8 Å². The molecule has 0 aliphatic carbocycles. The van der Waals surface area contributed by atoms with Crippen LogP contribution in [0.3, 0.4) is 0 Å². The first kappa shape index (κ1) is 14.8. The Bertz CT molecular complexity index is 349. The topological polar surface area (TPSA) is 21.3 Å². The highest BCUT2D eigenvalue weighted by Crippen LogP contribution is 2.08. The maximum atomic E-state index is 5.08. The molecule has 2 heteroatoms. The second kappa shape index (κ2) is 8.76. The van der Waals surface area contributed by atoms with Gasteiger partial charge in [-0.2, -0.15) is 0 Å². The van der Waals surface area contributed by atoms with Gasteiger partial charge in [-0.25, -0.2) is 0 Å². The highest BCUT2D eigenvalue weighted by atomic mass is 16.5. The van der Waals surface area contributed by atoms with Crippen molar-refractivity contribution in [2.24, 2.45) is 0 Å². The lowest BCUT2D eigenvalue weighted by molar-refractivity contribution is 0.243. The van der Waals surface area contributed by atoms with Crippen molar-refractivity contribution >= 4 is 0 Å². The number of benzene rings is 1. The van der Waals surface area contributed by atoms with E-state index in [1.807, 2.05) is 0 Å². The van der Waals surface area contributed by atoms with Gasteiger partial charge in [-0.15, -0.1) is 0 Å². The SMILES string of the molecule is C=COCCCNC(C)CCc1cccc(C)c1. The van der Waals surface area contributed by atoms with E-state index < -0.39 is 0 Å². The fourth-order valence-electron chi connectivity index (χ4n) is 1.94. The molecule has 0 amide bonds. The Morgan fingerprint density at radius 1 is 1.44 bits per heavy atom. The number of rotatable bonds is 9. The number of hydrogen-bond donors (Lipinski definition) is 1. The highest BCUT2D eigenvalue weighted by molar-refractivity contribution is 5.22. The smallest absolute Gasteiger partial charge is 0.0885 e. The Morgan fingerprint density at radius 2 is 2.28 bits per heavy atom. The zero-order chi connectivity index (χ0) is 13.2. The molecule has 0 fully saturated rings. The molecule has 1 rings (SSSR count). The van der Waals surface area contributed by atoms with Crippen molar-refractivity contribution in [2.45, 2.75) is 39.2 Å². The first-order chi connectivity index (χ1) is 8.72. The fourth-order valence-corrected chi connectivity index (χ4v) is 1.94. The minimum Gasteiger partial charge on any atom is -0.502 e. The van der Waals surface area contributed by atoms with Gasteiger partial charge in [0.15, 0.2) is 0 Å². The molecular formula is C16H25NO. The van der Waals surface area contributed by atoms with Crippen LogP contribution >= 0.6 is 0 Å². The monoisotopic (exact) mass is 247 g/mol. The maximum Gasteiger partial charge on any atom is 0.0885 e. The van der Waals surface area contributed by atoms with Crippen molar-refractivity contribution in [3.63, 3.8) is 0 Å². The van der Waals surface area contributed by atoms with Gasteiger partial charge >= 0.3 is 0 Å². The van der Waals surface area contributed by atoms with Crippen LogP contribution in [0.2, 0.25) is 0 Å². The molecule has 18 heavy (non-hydrogen) atoms. The summed E-state index contributed by atoms with van der Waals surface area (Å²) in [6.45, 7) is 9.66. The molecule has 1 aromatic rings. The first-order valence-corrected chi connectivity index (χ1v) is 6.74. The van der Waals surface area contributed by atoms with E-state index in [4.69, 9.17) is 4.74 Å². The molecular weight excluding hydrogens is 222 g/mol.